The van der Waals surface area contributed by atoms with E-state index in [0.717, 1.165) is 22.3 Å². The van der Waals surface area contributed by atoms with Gasteiger partial charge in [0.15, 0.2) is 0 Å². The minimum Gasteiger partial charge on any atom is -0.396 e. The van der Waals surface area contributed by atoms with Crippen LogP contribution in [0.4, 0.5) is 5.69 Å². The number of aryl methyl sites for hydroxylation is 1. The molecule has 0 bridgehead atoms. The van der Waals surface area contributed by atoms with Crippen LogP contribution in [0.15, 0.2) is 42.7 Å². The summed E-state index contributed by atoms with van der Waals surface area (Å²) in [5.74, 6) is 0. The van der Waals surface area contributed by atoms with Crippen molar-refractivity contribution in [1.82, 2.24) is 14.8 Å². The van der Waals surface area contributed by atoms with Crippen molar-refractivity contribution in [2.24, 2.45) is 0 Å². The first kappa shape index (κ1) is 9.84. The number of rotatable bonds is 1. The number of hydrogen-bond acceptors (Lipinski definition) is 3. The van der Waals surface area contributed by atoms with E-state index in [1.807, 2.05) is 43.5 Å². The van der Waals surface area contributed by atoms with Crippen molar-refractivity contribution in [2.45, 2.75) is 6.92 Å². The van der Waals surface area contributed by atoms with E-state index in [9.17, 15) is 0 Å². The monoisotopic (exact) mass is 224 g/mol. The fourth-order valence-corrected chi connectivity index (χ4v) is 1.91. The molecule has 84 valence electrons. The van der Waals surface area contributed by atoms with Gasteiger partial charge in [0.25, 0.3) is 0 Å². The van der Waals surface area contributed by atoms with E-state index in [0.29, 0.717) is 5.69 Å². The average Bonchev–Trinajstić information content (AvgIpc) is 2.77. The molecule has 0 radical (unpaired) electrons. The van der Waals surface area contributed by atoms with Gasteiger partial charge >= 0.3 is 0 Å². The molecule has 4 nitrogen and oxygen atoms in total. The van der Waals surface area contributed by atoms with E-state index >= 15 is 0 Å². The Labute approximate surface area is 98.7 Å². The SMILES string of the molecule is Cc1ccn(-c2ccc3ncccc3c2N)n1. The number of anilines is 1. The predicted octanol–water partition coefficient (Wildman–Crippen LogP) is 2.31. The minimum atomic E-state index is 0.707. The van der Waals surface area contributed by atoms with Crippen LogP contribution in [0.1, 0.15) is 5.69 Å². The van der Waals surface area contributed by atoms with Crippen molar-refractivity contribution < 1.29 is 0 Å². The molecule has 0 unspecified atom stereocenters. The highest BCUT2D eigenvalue weighted by molar-refractivity contribution is 5.94. The van der Waals surface area contributed by atoms with Crippen molar-refractivity contribution in [3.63, 3.8) is 0 Å². The predicted molar refractivity (Wildman–Crippen MR) is 68.0 cm³/mol. The highest BCUT2D eigenvalue weighted by atomic mass is 15.3. The number of benzene rings is 1. The van der Waals surface area contributed by atoms with E-state index < -0.39 is 0 Å². The zero-order valence-corrected chi connectivity index (χ0v) is 9.46. The van der Waals surface area contributed by atoms with Crippen molar-refractivity contribution in [1.29, 1.82) is 0 Å². The average molecular weight is 224 g/mol. The van der Waals surface area contributed by atoms with Crippen LogP contribution >= 0.6 is 0 Å². The Morgan fingerprint density at radius 3 is 2.82 bits per heavy atom. The topological polar surface area (TPSA) is 56.7 Å². The molecule has 0 aliphatic rings. The lowest BCUT2D eigenvalue weighted by Crippen LogP contribution is -2.01. The second kappa shape index (κ2) is 3.59. The molecule has 0 amide bonds. The summed E-state index contributed by atoms with van der Waals surface area (Å²) < 4.78 is 1.79. The molecule has 2 N–H and O–H groups in total. The molecule has 1 aromatic carbocycles. The normalized spacial score (nSPS) is 10.9. The van der Waals surface area contributed by atoms with Gasteiger partial charge in [-0.15, -0.1) is 0 Å². The summed E-state index contributed by atoms with van der Waals surface area (Å²) in [5, 5.41) is 5.32. The maximum Gasteiger partial charge on any atom is 0.0882 e. The Bertz CT molecular complexity index is 685. The molecule has 0 atom stereocenters. The Morgan fingerprint density at radius 2 is 2.06 bits per heavy atom. The van der Waals surface area contributed by atoms with E-state index in [4.69, 9.17) is 5.73 Å². The fraction of sp³-hybridized carbons (Fsp3) is 0.0769. The summed E-state index contributed by atoms with van der Waals surface area (Å²) in [5.41, 5.74) is 9.62. The standard InChI is InChI=1S/C13H12N4/c1-9-6-8-17(16-9)12-5-4-11-10(13(12)14)3-2-7-15-11/h2-8H,14H2,1H3. The largest absolute Gasteiger partial charge is 0.396 e. The van der Waals surface area contributed by atoms with Crippen molar-refractivity contribution in [3.8, 4) is 5.69 Å². The molecule has 2 heterocycles. The number of nitrogens with zero attached hydrogens (tertiary/aromatic N) is 3. The van der Waals surface area contributed by atoms with Crippen LogP contribution in [0.5, 0.6) is 0 Å². The van der Waals surface area contributed by atoms with Gasteiger partial charge in [-0.25, -0.2) is 4.68 Å². The second-order valence-electron chi connectivity index (χ2n) is 3.97. The minimum absolute atomic E-state index is 0.707. The van der Waals surface area contributed by atoms with Crippen LogP contribution in [0.25, 0.3) is 16.6 Å². The van der Waals surface area contributed by atoms with Crippen molar-refractivity contribution in [3.05, 3.63) is 48.4 Å². The highest BCUT2D eigenvalue weighted by Gasteiger charge is 2.07. The molecule has 17 heavy (non-hydrogen) atoms. The summed E-state index contributed by atoms with van der Waals surface area (Å²) in [7, 11) is 0. The van der Waals surface area contributed by atoms with Gasteiger partial charge in [0.05, 0.1) is 22.6 Å². The van der Waals surface area contributed by atoms with Crippen LogP contribution in [-0.4, -0.2) is 14.8 Å². The number of nitrogens with two attached hydrogens (primary N) is 1. The lowest BCUT2D eigenvalue weighted by atomic mass is 10.1. The Kier molecular flexibility index (Phi) is 2.08. The van der Waals surface area contributed by atoms with Gasteiger partial charge in [0.1, 0.15) is 0 Å². The van der Waals surface area contributed by atoms with Gasteiger partial charge in [0.2, 0.25) is 0 Å². The Hall–Kier alpha value is -2.36. The number of pyridine rings is 1. The zero-order valence-electron chi connectivity index (χ0n) is 9.46. The van der Waals surface area contributed by atoms with Crippen LogP contribution in [0.3, 0.4) is 0 Å². The molecular weight excluding hydrogens is 212 g/mol. The zero-order chi connectivity index (χ0) is 11.8. The summed E-state index contributed by atoms with van der Waals surface area (Å²) >= 11 is 0. The Balaban J connectivity index is 2.28. The maximum absolute atomic E-state index is 6.16. The molecule has 0 fully saturated rings. The molecule has 0 saturated carbocycles. The maximum atomic E-state index is 6.16. The summed E-state index contributed by atoms with van der Waals surface area (Å²) in [6.45, 7) is 1.95. The van der Waals surface area contributed by atoms with E-state index in [-0.39, 0.29) is 0 Å². The molecule has 2 aromatic heterocycles. The van der Waals surface area contributed by atoms with Crippen LogP contribution in [0.2, 0.25) is 0 Å². The van der Waals surface area contributed by atoms with Crippen LogP contribution in [0, 0.1) is 6.92 Å². The third-order valence-corrected chi connectivity index (χ3v) is 2.77. The van der Waals surface area contributed by atoms with E-state index in [1.54, 1.807) is 10.9 Å². The van der Waals surface area contributed by atoms with Gasteiger partial charge in [-0.05, 0) is 37.3 Å². The van der Waals surface area contributed by atoms with Gasteiger partial charge in [-0.2, -0.15) is 5.10 Å². The molecule has 4 heteroatoms. The van der Waals surface area contributed by atoms with Crippen LogP contribution < -0.4 is 5.73 Å². The lowest BCUT2D eigenvalue weighted by molar-refractivity contribution is 0.866. The summed E-state index contributed by atoms with van der Waals surface area (Å²) in [6.07, 6.45) is 3.67. The van der Waals surface area contributed by atoms with Gasteiger partial charge in [-0.3, -0.25) is 4.98 Å². The molecule has 0 aliphatic heterocycles. The molecule has 0 aliphatic carbocycles. The third kappa shape index (κ3) is 1.54. The molecule has 3 aromatic rings. The van der Waals surface area contributed by atoms with Gasteiger partial charge in [-0.1, -0.05) is 0 Å². The smallest absolute Gasteiger partial charge is 0.0882 e. The Morgan fingerprint density at radius 1 is 1.18 bits per heavy atom. The third-order valence-electron chi connectivity index (χ3n) is 2.77. The first-order valence-corrected chi connectivity index (χ1v) is 5.41. The molecular formula is C13H12N4. The first-order valence-electron chi connectivity index (χ1n) is 5.41. The quantitative estimate of drug-likeness (QED) is 0.645. The number of hydrogen-bond donors (Lipinski definition) is 1. The number of fused-ring (bicyclic) bond motifs is 1. The lowest BCUT2D eigenvalue weighted by Gasteiger charge is -2.08. The highest BCUT2D eigenvalue weighted by Crippen LogP contribution is 2.25. The van der Waals surface area contributed by atoms with Gasteiger partial charge < -0.3 is 5.73 Å². The van der Waals surface area contributed by atoms with Crippen molar-refractivity contribution in [2.75, 3.05) is 5.73 Å². The van der Waals surface area contributed by atoms with E-state index in [1.165, 1.54) is 0 Å². The van der Waals surface area contributed by atoms with Gasteiger partial charge in [0, 0.05) is 17.8 Å². The number of aromatic nitrogens is 3. The van der Waals surface area contributed by atoms with Crippen molar-refractivity contribution >= 4 is 16.6 Å². The number of nitrogen functional groups attached to an aromatic ring is 1. The second-order valence-corrected chi connectivity index (χ2v) is 3.97. The summed E-state index contributed by atoms with van der Waals surface area (Å²) in [4.78, 5) is 4.27. The first-order chi connectivity index (χ1) is 8.25. The molecule has 0 saturated heterocycles. The molecule has 0 spiro atoms. The molecule has 3 rings (SSSR count). The fourth-order valence-electron chi connectivity index (χ4n) is 1.91. The van der Waals surface area contributed by atoms with Crippen LogP contribution in [-0.2, 0) is 0 Å². The summed E-state index contributed by atoms with van der Waals surface area (Å²) in [6, 6.07) is 9.70. The van der Waals surface area contributed by atoms with E-state index in [2.05, 4.69) is 10.1 Å².